The smallest absolute Gasteiger partial charge is 0.217 e. The summed E-state index contributed by atoms with van der Waals surface area (Å²) >= 11 is 0. The van der Waals surface area contributed by atoms with E-state index in [1.807, 2.05) is 6.07 Å². The number of methoxy groups -OCH3 is 1. The molecule has 25 heavy (non-hydrogen) atoms. The Morgan fingerprint density at radius 3 is 2.84 bits per heavy atom. The summed E-state index contributed by atoms with van der Waals surface area (Å²) in [6.07, 6.45) is 4.56. The van der Waals surface area contributed by atoms with E-state index < -0.39 is 0 Å². The van der Waals surface area contributed by atoms with Crippen LogP contribution in [0.25, 0.3) is 0 Å². The first-order valence-electron chi connectivity index (χ1n) is 9.22. The molecule has 1 aromatic carbocycles. The Kier molecular flexibility index (Phi) is 5.64. The maximum Gasteiger partial charge on any atom is 0.217 e. The molecule has 3 rings (SSSR count). The first kappa shape index (κ1) is 18.2. The van der Waals surface area contributed by atoms with Crippen molar-refractivity contribution in [3.8, 4) is 5.75 Å². The molecular formula is C20H30N2O3. The zero-order chi connectivity index (χ0) is 18.0. The van der Waals surface area contributed by atoms with Gasteiger partial charge in [-0.25, -0.2) is 0 Å². The van der Waals surface area contributed by atoms with Gasteiger partial charge in [0.25, 0.3) is 0 Å². The highest BCUT2D eigenvalue weighted by Crippen LogP contribution is 2.43. The molecule has 1 heterocycles. The highest BCUT2D eigenvalue weighted by molar-refractivity contribution is 5.73. The zero-order valence-corrected chi connectivity index (χ0v) is 15.7. The average molecular weight is 346 g/mol. The quantitative estimate of drug-likeness (QED) is 0.891. The van der Waals surface area contributed by atoms with Crippen molar-refractivity contribution in [3.63, 3.8) is 0 Å². The van der Waals surface area contributed by atoms with E-state index in [9.17, 15) is 4.79 Å². The predicted molar refractivity (Wildman–Crippen MR) is 97.6 cm³/mol. The molecule has 0 bridgehead atoms. The predicted octanol–water partition coefficient (Wildman–Crippen LogP) is 2.89. The molecule has 1 saturated carbocycles. The Balaban J connectivity index is 1.83. The summed E-state index contributed by atoms with van der Waals surface area (Å²) in [7, 11) is 5.82. The summed E-state index contributed by atoms with van der Waals surface area (Å²) in [4.78, 5) is 13.8. The largest absolute Gasteiger partial charge is 0.496 e. The Labute approximate surface area is 150 Å². The molecule has 1 aliphatic heterocycles. The van der Waals surface area contributed by atoms with Gasteiger partial charge in [0.1, 0.15) is 5.75 Å². The number of rotatable bonds is 5. The topological polar surface area (TPSA) is 50.8 Å². The molecule has 2 aliphatic rings. The molecule has 138 valence electrons. The van der Waals surface area contributed by atoms with Gasteiger partial charge in [0.05, 0.1) is 19.3 Å². The summed E-state index contributed by atoms with van der Waals surface area (Å²) in [5, 5.41) is 3.17. The van der Waals surface area contributed by atoms with Gasteiger partial charge in [-0.3, -0.25) is 4.79 Å². The van der Waals surface area contributed by atoms with E-state index in [1.165, 1.54) is 17.5 Å². The minimum Gasteiger partial charge on any atom is -0.496 e. The Hall–Kier alpha value is -1.59. The molecule has 0 radical (unpaired) electrons. The van der Waals surface area contributed by atoms with Gasteiger partial charge in [-0.05, 0) is 51.1 Å². The van der Waals surface area contributed by atoms with Crippen molar-refractivity contribution in [1.29, 1.82) is 0 Å². The lowest BCUT2D eigenvalue weighted by atomic mass is 9.86. The van der Waals surface area contributed by atoms with E-state index in [0.717, 1.165) is 31.6 Å². The van der Waals surface area contributed by atoms with Gasteiger partial charge in [-0.2, -0.15) is 0 Å². The Morgan fingerprint density at radius 1 is 1.36 bits per heavy atom. The second kappa shape index (κ2) is 7.75. The van der Waals surface area contributed by atoms with Crippen molar-refractivity contribution in [3.05, 3.63) is 29.3 Å². The third-order valence-electron chi connectivity index (χ3n) is 5.38. The summed E-state index contributed by atoms with van der Waals surface area (Å²) < 4.78 is 11.9. The number of fused-ring (bicyclic) bond motifs is 1. The van der Waals surface area contributed by atoms with Crippen molar-refractivity contribution in [2.45, 2.75) is 57.4 Å². The molecule has 4 atom stereocenters. The maximum absolute atomic E-state index is 11.6. The summed E-state index contributed by atoms with van der Waals surface area (Å²) in [6, 6.07) is 6.54. The minimum atomic E-state index is 0.0306. The normalized spacial score (nSPS) is 28.7. The molecule has 2 fully saturated rings. The first-order valence-corrected chi connectivity index (χ1v) is 9.22. The summed E-state index contributed by atoms with van der Waals surface area (Å²) in [6.45, 7) is 2.43. The lowest BCUT2D eigenvalue weighted by molar-refractivity contribution is -0.124. The molecule has 0 aromatic heterocycles. The third-order valence-corrected chi connectivity index (χ3v) is 5.38. The Bertz CT molecular complexity index is 617. The van der Waals surface area contributed by atoms with Crippen LogP contribution in [0.15, 0.2) is 18.2 Å². The molecule has 1 aromatic rings. The second-order valence-electron chi connectivity index (χ2n) is 7.61. The van der Waals surface area contributed by atoms with E-state index in [2.05, 4.69) is 36.4 Å². The molecule has 5 heteroatoms. The molecule has 1 saturated heterocycles. The number of carbonyl (C=O) groups is 1. The zero-order valence-electron chi connectivity index (χ0n) is 15.7. The Morgan fingerprint density at radius 2 is 2.16 bits per heavy atom. The van der Waals surface area contributed by atoms with E-state index in [4.69, 9.17) is 9.47 Å². The fourth-order valence-corrected chi connectivity index (χ4v) is 4.36. The third kappa shape index (κ3) is 4.15. The second-order valence-corrected chi connectivity index (χ2v) is 7.61. The van der Waals surface area contributed by atoms with E-state index >= 15 is 0 Å². The SMILES string of the molecule is COc1ccc([C@H]2C[C@@H](NC(C)=O)[C@@H]3CCC[C@H]3O2)cc1CN(C)C. The van der Waals surface area contributed by atoms with Crippen LogP contribution in [0.3, 0.4) is 0 Å². The van der Waals surface area contributed by atoms with Crippen molar-refractivity contribution in [1.82, 2.24) is 10.2 Å². The maximum atomic E-state index is 11.6. The van der Waals surface area contributed by atoms with E-state index in [1.54, 1.807) is 14.0 Å². The number of hydrogen-bond donors (Lipinski definition) is 1. The highest BCUT2D eigenvalue weighted by atomic mass is 16.5. The van der Waals surface area contributed by atoms with E-state index in [-0.39, 0.29) is 24.2 Å². The van der Waals surface area contributed by atoms with Crippen LogP contribution in [-0.2, 0) is 16.1 Å². The molecule has 1 aliphatic carbocycles. The number of benzene rings is 1. The summed E-state index contributed by atoms with van der Waals surface area (Å²) in [5.74, 6) is 1.42. The van der Waals surface area contributed by atoms with Crippen LogP contribution in [0.2, 0.25) is 0 Å². The molecule has 5 nitrogen and oxygen atoms in total. The molecule has 0 unspecified atom stereocenters. The van der Waals surface area contributed by atoms with Gasteiger partial charge < -0.3 is 19.7 Å². The van der Waals surface area contributed by atoms with Crippen LogP contribution in [-0.4, -0.2) is 44.2 Å². The first-order chi connectivity index (χ1) is 12.0. The summed E-state index contributed by atoms with van der Waals surface area (Å²) in [5.41, 5.74) is 2.34. The lowest BCUT2D eigenvalue weighted by Gasteiger charge is -2.39. The van der Waals surface area contributed by atoms with Crippen molar-refractivity contribution in [2.75, 3.05) is 21.2 Å². The molecule has 0 spiro atoms. The monoisotopic (exact) mass is 346 g/mol. The number of carbonyl (C=O) groups excluding carboxylic acids is 1. The minimum absolute atomic E-state index is 0.0306. The van der Waals surface area contributed by atoms with Gasteiger partial charge in [0.15, 0.2) is 0 Å². The molecule has 1 N–H and O–H groups in total. The molecule has 1 amide bonds. The fraction of sp³-hybridized carbons (Fsp3) is 0.650. The van der Waals surface area contributed by atoms with E-state index in [0.29, 0.717) is 5.92 Å². The number of nitrogens with zero attached hydrogens (tertiary/aromatic N) is 1. The van der Waals surface area contributed by atoms with Crippen LogP contribution >= 0.6 is 0 Å². The lowest BCUT2D eigenvalue weighted by Crippen LogP contribution is -2.47. The van der Waals surface area contributed by atoms with Crippen LogP contribution < -0.4 is 10.1 Å². The highest BCUT2D eigenvalue weighted by Gasteiger charge is 2.42. The standard InChI is InChI=1S/C20H30N2O3/c1-13(23)21-17-11-20(25-19-7-5-6-16(17)19)14-8-9-18(24-4)15(10-14)12-22(2)3/h8-10,16-17,19-20H,5-7,11-12H2,1-4H3,(H,21,23)/t16-,17+,19+,20+/m0/s1. The number of amides is 1. The van der Waals surface area contributed by atoms with Gasteiger partial charge >= 0.3 is 0 Å². The number of hydrogen-bond acceptors (Lipinski definition) is 4. The fourth-order valence-electron chi connectivity index (χ4n) is 4.36. The van der Waals surface area contributed by atoms with Crippen molar-refractivity contribution >= 4 is 5.91 Å². The van der Waals surface area contributed by atoms with Crippen LogP contribution in [0.1, 0.15) is 49.8 Å². The van der Waals surface area contributed by atoms with Crippen LogP contribution in [0.5, 0.6) is 5.75 Å². The van der Waals surface area contributed by atoms with Crippen LogP contribution in [0, 0.1) is 5.92 Å². The van der Waals surface area contributed by atoms with Gasteiger partial charge in [-0.15, -0.1) is 0 Å². The molecular weight excluding hydrogens is 316 g/mol. The number of nitrogens with one attached hydrogen (secondary N) is 1. The van der Waals surface area contributed by atoms with Gasteiger partial charge in [0.2, 0.25) is 5.91 Å². The average Bonchev–Trinajstić information content (AvgIpc) is 3.02. The van der Waals surface area contributed by atoms with Crippen molar-refractivity contribution < 1.29 is 14.3 Å². The van der Waals surface area contributed by atoms with Crippen LogP contribution in [0.4, 0.5) is 0 Å². The van der Waals surface area contributed by atoms with Gasteiger partial charge in [-0.1, -0.05) is 12.5 Å². The van der Waals surface area contributed by atoms with Gasteiger partial charge in [0, 0.05) is 31.0 Å². The number of ether oxygens (including phenoxy) is 2. The van der Waals surface area contributed by atoms with Crippen molar-refractivity contribution in [2.24, 2.45) is 5.92 Å².